The van der Waals surface area contributed by atoms with Crippen LogP contribution in [0.15, 0.2) is 39.6 Å². The number of nitrogens with zero attached hydrogens (tertiary/aromatic N) is 3. The van der Waals surface area contributed by atoms with Crippen molar-refractivity contribution in [3.63, 3.8) is 0 Å². The lowest BCUT2D eigenvalue weighted by Gasteiger charge is -2.18. The van der Waals surface area contributed by atoms with Crippen molar-refractivity contribution in [3.8, 4) is 0 Å². The molecule has 0 bridgehead atoms. The minimum Gasteiger partial charge on any atom is -0.469 e. The normalized spacial score (nSPS) is 14.1. The third kappa shape index (κ3) is 4.96. The SMILES string of the molecule is COC(=O)Cc1csc(NC(=O)CSc2nc3ccccc3c(=O)n2C2CCCC2)n1. The van der Waals surface area contributed by atoms with E-state index in [1.807, 2.05) is 18.2 Å². The number of hydrogen-bond donors (Lipinski definition) is 1. The van der Waals surface area contributed by atoms with Crippen molar-refractivity contribution in [1.82, 2.24) is 14.5 Å². The van der Waals surface area contributed by atoms with Crippen LogP contribution in [0, 0.1) is 0 Å². The fourth-order valence-corrected chi connectivity index (χ4v) is 5.26. The van der Waals surface area contributed by atoms with Crippen molar-refractivity contribution < 1.29 is 14.3 Å². The predicted octanol–water partition coefficient (Wildman–Crippen LogP) is 3.41. The first-order valence-electron chi connectivity index (χ1n) is 10.0. The zero-order chi connectivity index (χ0) is 21.8. The number of fused-ring (bicyclic) bond motifs is 1. The Morgan fingerprint density at radius 3 is 2.81 bits per heavy atom. The highest BCUT2D eigenvalue weighted by atomic mass is 32.2. The lowest BCUT2D eigenvalue weighted by molar-refractivity contribution is -0.139. The largest absolute Gasteiger partial charge is 0.469 e. The molecular weight excluding hydrogens is 436 g/mol. The highest BCUT2D eigenvalue weighted by molar-refractivity contribution is 7.99. The topological polar surface area (TPSA) is 103 Å². The van der Waals surface area contributed by atoms with E-state index in [4.69, 9.17) is 0 Å². The Kier molecular flexibility index (Phi) is 6.67. The van der Waals surface area contributed by atoms with Crippen molar-refractivity contribution in [2.45, 2.75) is 43.3 Å². The van der Waals surface area contributed by atoms with Gasteiger partial charge in [0, 0.05) is 11.4 Å². The number of thiazole rings is 1. The molecule has 0 spiro atoms. The molecule has 2 aromatic heterocycles. The first-order chi connectivity index (χ1) is 15.0. The molecule has 162 valence electrons. The first-order valence-corrected chi connectivity index (χ1v) is 11.9. The van der Waals surface area contributed by atoms with Gasteiger partial charge >= 0.3 is 5.97 Å². The average Bonchev–Trinajstić information content (AvgIpc) is 3.44. The van der Waals surface area contributed by atoms with Gasteiger partial charge in [0.1, 0.15) is 0 Å². The Morgan fingerprint density at radius 2 is 2.03 bits per heavy atom. The molecule has 10 heteroatoms. The summed E-state index contributed by atoms with van der Waals surface area (Å²) >= 11 is 2.50. The number of nitrogens with one attached hydrogen (secondary N) is 1. The molecule has 2 heterocycles. The average molecular weight is 459 g/mol. The lowest BCUT2D eigenvalue weighted by Crippen LogP contribution is -2.27. The summed E-state index contributed by atoms with van der Waals surface area (Å²) in [6.45, 7) is 0. The van der Waals surface area contributed by atoms with Crippen molar-refractivity contribution in [2.75, 3.05) is 18.2 Å². The maximum Gasteiger partial charge on any atom is 0.311 e. The number of thioether (sulfide) groups is 1. The molecule has 0 atom stereocenters. The maximum atomic E-state index is 13.2. The van der Waals surface area contributed by atoms with Crippen LogP contribution in [0.4, 0.5) is 5.13 Å². The molecule has 1 fully saturated rings. The number of carbonyl (C=O) groups is 2. The molecule has 1 aliphatic carbocycles. The second kappa shape index (κ2) is 9.61. The number of rotatable bonds is 7. The molecule has 0 aliphatic heterocycles. The molecule has 31 heavy (non-hydrogen) atoms. The maximum absolute atomic E-state index is 13.2. The van der Waals surface area contributed by atoms with E-state index in [0.29, 0.717) is 26.9 Å². The van der Waals surface area contributed by atoms with Crippen LogP contribution in [0.3, 0.4) is 0 Å². The highest BCUT2D eigenvalue weighted by Gasteiger charge is 2.23. The van der Waals surface area contributed by atoms with E-state index in [9.17, 15) is 14.4 Å². The number of methoxy groups -OCH3 is 1. The van der Waals surface area contributed by atoms with Crippen molar-refractivity contribution in [3.05, 3.63) is 45.7 Å². The summed E-state index contributed by atoms with van der Waals surface area (Å²) in [5, 5.41) is 6.04. The molecular formula is C21H22N4O4S2. The van der Waals surface area contributed by atoms with Crippen LogP contribution >= 0.6 is 23.1 Å². The molecule has 1 saturated carbocycles. The second-order valence-corrected chi connectivity index (χ2v) is 9.06. The van der Waals surface area contributed by atoms with Gasteiger partial charge in [0.15, 0.2) is 10.3 Å². The van der Waals surface area contributed by atoms with E-state index in [-0.39, 0.29) is 35.7 Å². The summed E-state index contributed by atoms with van der Waals surface area (Å²) < 4.78 is 6.39. The molecule has 1 aromatic carbocycles. The summed E-state index contributed by atoms with van der Waals surface area (Å²) in [5.74, 6) is -0.529. The minimum atomic E-state index is -0.383. The molecule has 1 amide bonds. The summed E-state index contributed by atoms with van der Waals surface area (Å²) in [6.07, 6.45) is 4.13. The molecule has 0 saturated heterocycles. The molecule has 1 N–H and O–H groups in total. The summed E-state index contributed by atoms with van der Waals surface area (Å²) in [7, 11) is 1.32. The van der Waals surface area contributed by atoms with E-state index < -0.39 is 0 Å². The van der Waals surface area contributed by atoms with Gasteiger partial charge in [0.2, 0.25) is 5.91 Å². The van der Waals surface area contributed by atoms with Crippen LogP contribution in [0.2, 0.25) is 0 Å². The Bertz CT molecular complexity index is 1170. The van der Waals surface area contributed by atoms with Crippen molar-refractivity contribution in [2.24, 2.45) is 0 Å². The Hall–Kier alpha value is -2.72. The summed E-state index contributed by atoms with van der Waals surface area (Å²) in [6, 6.07) is 7.43. The van der Waals surface area contributed by atoms with Crippen molar-refractivity contribution in [1.29, 1.82) is 0 Å². The van der Waals surface area contributed by atoms with Gasteiger partial charge in [-0.25, -0.2) is 9.97 Å². The first kappa shape index (κ1) is 21.5. The van der Waals surface area contributed by atoms with Crippen LogP contribution in [0.25, 0.3) is 10.9 Å². The number of aromatic nitrogens is 3. The second-order valence-electron chi connectivity index (χ2n) is 7.26. The van der Waals surface area contributed by atoms with Gasteiger partial charge in [-0.1, -0.05) is 36.7 Å². The summed E-state index contributed by atoms with van der Waals surface area (Å²) in [4.78, 5) is 45.9. The fraction of sp³-hybridized carbons (Fsp3) is 0.381. The van der Waals surface area contributed by atoms with Gasteiger partial charge in [-0.2, -0.15) is 0 Å². The van der Waals surface area contributed by atoms with Gasteiger partial charge < -0.3 is 10.1 Å². The Morgan fingerprint density at radius 1 is 1.26 bits per heavy atom. The zero-order valence-electron chi connectivity index (χ0n) is 17.0. The number of hydrogen-bond acceptors (Lipinski definition) is 8. The molecule has 0 unspecified atom stereocenters. The standard InChI is InChI=1S/C21H22N4O4S2/c1-29-18(27)10-13-11-30-20(22-13)24-17(26)12-31-21-23-16-9-5-4-8-15(16)19(28)25(21)14-6-2-3-7-14/h4-5,8-9,11,14H,2-3,6-7,10,12H2,1H3,(H,22,24,26). The quantitative estimate of drug-likeness (QED) is 0.329. The number of anilines is 1. The molecule has 1 aliphatic rings. The van der Waals surface area contributed by atoms with Gasteiger partial charge in [-0.3, -0.25) is 19.0 Å². The van der Waals surface area contributed by atoms with Gasteiger partial charge in [-0.15, -0.1) is 11.3 Å². The third-order valence-corrected chi connectivity index (χ3v) is 6.91. The van der Waals surface area contributed by atoms with Gasteiger partial charge in [0.05, 0.1) is 35.9 Å². The number of carbonyl (C=O) groups excluding carboxylic acids is 2. The Labute approximate surface area is 187 Å². The zero-order valence-corrected chi connectivity index (χ0v) is 18.6. The monoisotopic (exact) mass is 458 g/mol. The predicted molar refractivity (Wildman–Crippen MR) is 121 cm³/mol. The van der Waals surface area contributed by atoms with E-state index in [1.165, 1.54) is 30.2 Å². The van der Waals surface area contributed by atoms with E-state index >= 15 is 0 Å². The van der Waals surface area contributed by atoms with Crippen molar-refractivity contribution >= 4 is 51.0 Å². The molecule has 0 radical (unpaired) electrons. The van der Waals surface area contributed by atoms with Crippen LogP contribution in [-0.2, 0) is 20.7 Å². The Balaban J connectivity index is 1.49. The third-order valence-electron chi connectivity index (χ3n) is 5.15. The number of benzene rings is 1. The summed E-state index contributed by atoms with van der Waals surface area (Å²) in [5.41, 5.74) is 1.14. The number of ether oxygens (including phenoxy) is 1. The minimum absolute atomic E-state index is 0.0483. The highest BCUT2D eigenvalue weighted by Crippen LogP contribution is 2.32. The molecule has 3 aromatic rings. The smallest absolute Gasteiger partial charge is 0.311 e. The number of amides is 1. The van der Waals surface area contributed by atoms with Gasteiger partial charge in [-0.05, 0) is 25.0 Å². The van der Waals surface area contributed by atoms with Gasteiger partial charge in [0.25, 0.3) is 5.56 Å². The lowest BCUT2D eigenvalue weighted by atomic mass is 10.2. The fourth-order valence-electron chi connectivity index (χ4n) is 3.66. The van der Waals surface area contributed by atoms with Crippen LogP contribution < -0.4 is 10.9 Å². The van der Waals surface area contributed by atoms with E-state index in [1.54, 1.807) is 16.0 Å². The number of esters is 1. The molecule has 4 rings (SSSR count). The molecule has 8 nitrogen and oxygen atoms in total. The van der Waals surface area contributed by atoms with Crippen LogP contribution in [0.1, 0.15) is 37.4 Å². The number of para-hydroxylation sites is 1. The van der Waals surface area contributed by atoms with E-state index in [0.717, 1.165) is 25.7 Å². The van der Waals surface area contributed by atoms with E-state index in [2.05, 4.69) is 20.0 Å². The van der Waals surface area contributed by atoms with Crippen LogP contribution in [0.5, 0.6) is 0 Å². The van der Waals surface area contributed by atoms with Crippen LogP contribution in [-0.4, -0.2) is 39.3 Å².